The highest BCUT2D eigenvalue weighted by molar-refractivity contribution is 6.34. The molecule has 0 atom stereocenters. The van der Waals surface area contributed by atoms with E-state index in [1.165, 1.54) is 0 Å². The molecule has 0 bridgehead atoms. The van der Waals surface area contributed by atoms with Gasteiger partial charge in [-0.25, -0.2) is 0 Å². The summed E-state index contributed by atoms with van der Waals surface area (Å²) in [4.78, 5) is 34.1. The Labute approximate surface area is 263 Å². The van der Waals surface area contributed by atoms with Gasteiger partial charge in [0.1, 0.15) is 17.2 Å². The van der Waals surface area contributed by atoms with Gasteiger partial charge in [0.2, 0.25) is 0 Å². The van der Waals surface area contributed by atoms with E-state index in [4.69, 9.17) is 21.1 Å². The maximum absolute atomic E-state index is 14.4. The van der Waals surface area contributed by atoms with E-state index < -0.39 is 0 Å². The molecule has 0 unspecified atom stereocenters. The fourth-order valence-corrected chi connectivity index (χ4v) is 6.58. The number of piperidine rings is 1. The van der Waals surface area contributed by atoms with Crippen molar-refractivity contribution in [2.24, 2.45) is 0 Å². The van der Waals surface area contributed by atoms with Crippen molar-refractivity contribution < 1.29 is 19.1 Å². The number of fused-ring (bicyclic) bond motifs is 2. The lowest BCUT2D eigenvalue weighted by molar-refractivity contribution is 0.0649. The van der Waals surface area contributed by atoms with Gasteiger partial charge in [0.25, 0.3) is 11.8 Å². The van der Waals surface area contributed by atoms with Crippen molar-refractivity contribution in [1.82, 2.24) is 14.4 Å². The highest BCUT2D eigenvalue weighted by atomic mass is 35.5. The maximum Gasteiger partial charge on any atom is 0.270 e. The Bertz CT molecular complexity index is 1710. The van der Waals surface area contributed by atoms with Gasteiger partial charge in [0.15, 0.2) is 0 Å². The molecule has 2 aliphatic rings. The summed E-state index contributed by atoms with van der Waals surface area (Å²) in [6.45, 7) is 2.73. The molecule has 1 saturated heterocycles. The van der Waals surface area contributed by atoms with Crippen molar-refractivity contribution >= 4 is 29.1 Å². The van der Waals surface area contributed by atoms with Crippen LogP contribution in [0.25, 0.3) is 11.1 Å². The first kappa shape index (κ1) is 29.8. The van der Waals surface area contributed by atoms with Crippen LogP contribution in [-0.4, -0.2) is 73.6 Å². The Morgan fingerprint density at radius 2 is 1.68 bits per heavy atom. The van der Waals surface area contributed by atoms with E-state index in [0.29, 0.717) is 40.9 Å². The average molecular weight is 613 g/mol. The number of rotatable bonds is 6. The Morgan fingerprint density at radius 3 is 2.43 bits per heavy atom. The van der Waals surface area contributed by atoms with Crippen LogP contribution in [0.5, 0.6) is 11.5 Å². The predicted octanol–water partition coefficient (Wildman–Crippen LogP) is 6.20. The third-order valence-corrected chi connectivity index (χ3v) is 9.24. The summed E-state index contributed by atoms with van der Waals surface area (Å²) in [6, 6.07) is 23.0. The van der Waals surface area contributed by atoms with Crippen molar-refractivity contribution in [2.75, 3.05) is 46.3 Å². The van der Waals surface area contributed by atoms with Crippen LogP contribution in [0.2, 0.25) is 5.02 Å². The van der Waals surface area contributed by atoms with E-state index in [1.807, 2.05) is 72.6 Å². The van der Waals surface area contributed by atoms with Crippen molar-refractivity contribution in [3.63, 3.8) is 0 Å². The monoisotopic (exact) mass is 612 g/mol. The Hall–Kier alpha value is -4.27. The summed E-state index contributed by atoms with van der Waals surface area (Å²) in [5, 5.41) is 0.429. The molecular weight excluding hydrogens is 576 g/mol. The Balaban J connectivity index is 1.35. The number of amides is 2. The third kappa shape index (κ3) is 5.55. The molecule has 0 spiro atoms. The molecule has 1 fully saturated rings. The lowest BCUT2D eigenvalue weighted by atomic mass is 10.0. The minimum Gasteiger partial charge on any atom is -0.497 e. The second kappa shape index (κ2) is 12.4. The number of methoxy groups -OCH3 is 2. The molecule has 44 heavy (non-hydrogen) atoms. The number of carbonyl (C=O) groups is 2. The van der Waals surface area contributed by atoms with Crippen LogP contribution in [0.15, 0.2) is 72.8 Å². The number of anilines is 1. The SMILES string of the molecule is COc1cccc(-c2cc(OC)c(C(=O)N3Cc4ccc(C(=O)N(C)C5CCN(C)CC5)n4Cc4ccccc43)cc2Cl)c1. The van der Waals surface area contributed by atoms with E-state index in [9.17, 15) is 9.59 Å². The molecule has 4 aromatic rings. The number of hydrogen-bond donors (Lipinski definition) is 0. The second-order valence-corrected chi connectivity index (χ2v) is 11.9. The van der Waals surface area contributed by atoms with E-state index in [2.05, 4.69) is 16.5 Å². The summed E-state index contributed by atoms with van der Waals surface area (Å²) < 4.78 is 13.2. The van der Waals surface area contributed by atoms with Crippen LogP contribution < -0.4 is 14.4 Å². The van der Waals surface area contributed by atoms with E-state index in [1.54, 1.807) is 31.3 Å². The fraction of sp³-hybridized carbons (Fsp3) is 0.314. The minimum absolute atomic E-state index is 0.00430. The number of hydrogen-bond acceptors (Lipinski definition) is 5. The number of carbonyl (C=O) groups excluding carboxylic acids is 2. The Morgan fingerprint density at radius 1 is 0.909 bits per heavy atom. The predicted molar refractivity (Wildman–Crippen MR) is 173 cm³/mol. The molecule has 0 radical (unpaired) electrons. The molecule has 2 aliphatic heterocycles. The first-order chi connectivity index (χ1) is 21.3. The molecule has 3 heterocycles. The van der Waals surface area contributed by atoms with E-state index in [-0.39, 0.29) is 17.9 Å². The van der Waals surface area contributed by atoms with Gasteiger partial charge in [-0.2, -0.15) is 0 Å². The van der Waals surface area contributed by atoms with Gasteiger partial charge in [-0.05, 0) is 86.6 Å². The first-order valence-corrected chi connectivity index (χ1v) is 15.2. The zero-order chi connectivity index (χ0) is 31.0. The van der Waals surface area contributed by atoms with Gasteiger partial charge in [-0.1, -0.05) is 41.9 Å². The molecule has 1 aromatic heterocycles. The van der Waals surface area contributed by atoms with Gasteiger partial charge in [0, 0.05) is 35.1 Å². The van der Waals surface area contributed by atoms with Gasteiger partial charge < -0.3 is 28.7 Å². The van der Waals surface area contributed by atoms with Crippen molar-refractivity contribution in [3.05, 3.63) is 100 Å². The summed E-state index contributed by atoms with van der Waals surface area (Å²) in [5.41, 5.74) is 5.20. The van der Waals surface area contributed by atoms with Crippen LogP contribution in [0.4, 0.5) is 5.69 Å². The van der Waals surface area contributed by atoms with Crippen LogP contribution >= 0.6 is 11.6 Å². The average Bonchev–Trinajstić information content (AvgIpc) is 3.36. The number of nitrogens with zero attached hydrogens (tertiary/aromatic N) is 4. The number of ether oxygens (including phenoxy) is 2. The summed E-state index contributed by atoms with van der Waals surface area (Å²) in [5.74, 6) is 0.895. The third-order valence-electron chi connectivity index (χ3n) is 8.92. The number of likely N-dealkylation sites (tertiary alicyclic amines) is 1. The zero-order valence-electron chi connectivity index (χ0n) is 25.5. The molecule has 6 rings (SSSR count). The maximum atomic E-state index is 14.4. The molecule has 3 aromatic carbocycles. The highest BCUT2D eigenvalue weighted by Gasteiger charge is 2.31. The molecule has 8 nitrogen and oxygen atoms in total. The molecule has 2 amide bonds. The number of halogens is 1. The lowest BCUT2D eigenvalue weighted by Gasteiger charge is -2.35. The molecule has 228 valence electrons. The van der Waals surface area contributed by atoms with Gasteiger partial charge in [-0.3, -0.25) is 9.59 Å². The van der Waals surface area contributed by atoms with Gasteiger partial charge in [-0.15, -0.1) is 0 Å². The fourth-order valence-electron chi connectivity index (χ4n) is 6.30. The van der Waals surface area contributed by atoms with Crippen molar-refractivity contribution in [1.29, 1.82) is 0 Å². The first-order valence-electron chi connectivity index (χ1n) is 14.8. The van der Waals surface area contributed by atoms with Gasteiger partial charge in [0.05, 0.1) is 32.9 Å². The largest absolute Gasteiger partial charge is 0.497 e. The normalized spacial score (nSPS) is 15.2. The number of para-hydroxylation sites is 1. The van der Waals surface area contributed by atoms with E-state index in [0.717, 1.165) is 54.0 Å². The van der Waals surface area contributed by atoms with Crippen LogP contribution in [0.1, 0.15) is 44.9 Å². The second-order valence-electron chi connectivity index (χ2n) is 11.5. The quantitative estimate of drug-likeness (QED) is 0.259. The van der Waals surface area contributed by atoms with Crippen molar-refractivity contribution in [2.45, 2.75) is 32.0 Å². The highest BCUT2D eigenvalue weighted by Crippen LogP contribution is 2.38. The van der Waals surface area contributed by atoms with Crippen LogP contribution in [0.3, 0.4) is 0 Å². The summed E-state index contributed by atoms with van der Waals surface area (Å²) in [6.07, 6.45) is 1.91. The van der Waals surface area contributed by atoms with Crippen LogP contribution in [-0.2, 0) is 13.1 Å². The molecule has 0 saturated carbocycles. The molecule has 9 heteroatoms. The zero-order valence-corrected chi connectivity index (χ0v) is 26.3. The summed E-state index contributed by atoms with van der Waals surface area (Å²) >= 11 is 6.81. The number of aromatic nitrogens is 1. The standard InChI is InChI=1S/C35H37ClN4O4/c1-37-16-14-25(15-17-37)38(2)35(42)32-13-12-26-22-40(31-11-6-5-8-24(31)21-39(26)32)34(41)29-19-30(36)28(20-33(29)44-4)23-9-7-10-27(18-23)43-3/h5-13,18-20,25H,14-17,21-22H2,1-4H3. The van der Waals surface area contributed by atoms with Crippen molar-refractivity contribution in [3.8, 4) is 22.6 Å². The van der Waals surface area contributed by atoms with Gasteiger partial charge >= 0.3 is 0 Å². The van der Waals surface area contributed by atoms with E-state index >= 15 is 0 Å². The molecule has 0 N–H and O–H groups in total. The smallest absolute Gasteiger partial charge is 0.270 e. The Kier molecular flexibility index (Phi) is 8.38. The van der Waals surface area contributed by atoms with Crippen LogP contribution in [0, 0.1) is 0 Å². The number of benzene rings is 3. The topological polar surface area (TPSA) is 67.2 Å². The molecule has 0 aliphatic carbocycles. The molecular formula is C35H37ClN4O4. The summed E-state index contributed by atoms with van der Waals surface area (Å²) in [7, 11) is 7.19. The lowest BCUT2D eigenvalue weighted by Crippen LogP contribution is -2.45. The minimum atomic E-state index is -0.237.